The number of benzene rings is 2. The Labute approximate surface area is 195 Å². The number of fused-ring (bicyclic) bond motifs is 1. The van der Waals surface area contributed by atoms with Crippen LogP contribution in [0.3, 0.4) is 0 Å². The van der Waals surface area contributed by atoms with Crippen molar-refractivity contribution in [3.05, 3.63) is 58.0 Å². The molecule has 0 saturated carbocycles. The van der Waals surface area contributed by atoms with Gasteiger partial charge in [0.05, 0.1) is 4.90 Å². The zero-order valence-corrected chi connectivity index (χ0v) is 19.5. The summed E-state index contributed by atoms with van der Waals surface area (Å²) in [6, 6.07) is 12.0. The standard InChI is InChI=1S/C22H22N4O5S2/c1-14-4-7-17(8-5-14)33(28,29)26-10-2-3-15(12-26)21-24-25-22(32-21)20(27)23-16-6-9-18-19(11-16)31-13-30-18/h4-9,11,15H,2-3,10,12-13H2,1H3,(H,23,27)/t15-/m1/s1. The van der Waals surface area contributed by atoms with Crippen LogP contribution in [0.15, 0.2) is 47.4 Å². The van der Waals surface area contributed by atoms with Crippen LogP contribution in [0.1, 0.15) is 39.1 Å². The lowest BCUT2D eigenvalue weighted by Crippen LogP contribution is -2.39. The molecule has 3 aromatic rings. The third-order valence-electron chi connectivity index (χ3n) is 5.66. The van der Waals surface area contributed by atoms with Crippen molar-refractivity contribution in [1.29, 1.82) is 0 Å². The predicted molar refractivity (Wildman–Crippen MR) is 122 cm³/mol. The van der Waals surface area contributed by atoms with Gasteiger partial charge >= 0.3 is 0 Å². The van der Waals surface area contributed by atoms with Crippen molar-refractivity contribution >= 4 is 33.0 Å². The minimum absolute atomic E-state index is 0.108. The number of rotatable bonds is 5. The molecule has 0 unspecified atom stereocenters. The fraction of sp³-hybridized carbons (Fsp3) is 0.318. The van der Waals surface area contributed by atoms with Gasteiger partial charge < -0.3 is 14.8 Å². The van der Waals surface area contributed by atoms with Crippen molar-refractivity contribution in [3.63, 3.8) is 0 Å². The predicted octanol–water partition coefficient (Wildman–Crippen LogP) is 3.40. The second kappa shape index (κ2) is 8.73. The first-order chi connectivity index (χ1) is 15.9. The molecule has 1 N–H and O–H groups in total. The van der Waals surface area contributed by atoms with Gasteiger partial charge in [-0.05, 0) is 44.0 Å². The number of anilines is 1. The van der Waals surface area contributed by atoms with E-state index in [1.807, 2.05) is 6.92 Å². The van der Waals surface area contributed by atoms with E-state index < -0.39 is 10.0 Å². The Bertz CT molecular complexity index is 1290. The van der Waals surface area contributed by atoms with Crippen molar-refractivity contribution in [3.8, 4) is 11.5 Å². The fourth-order valence-corrected chi connectivity index (χ4v) is 6.26. The molecule has 1 amide bonds. The molecule has 1 saturated heterocycles. The lowest BCUT2D eigenvalue weighted by molar-refractivity contribution is 0.102. The summed E-state index contributed by atoms with van der Waals surface area (Å²) in [5.74, 6) is 0.720. The molecule has 33 heavy (non-hydrogen) atoms. The van der Waals surface area contributed by atoms with Crippen molar-refractivity contribution in [2.75, 3.05) is 25.2 Å². The Morgan fingerprint density at radius 3 is 2.73 bits per heavy atom. The lowest BCUT2D eigenvalue weighted by Gasteiger charge is -2.30. The van der Waals surface area contributed by atoms with Gasteiger partial charge in [-0.2, -0.15) is 4.31 Å². The summed E-state index contributed by atoms with van der Waals surface area (Å²) < 4.78 is 38.3. The van der Waals surface area contributed by atoms with E-state index in [2.05, 4.69) is 15.5 Å². The van der Waals surface area contributed by atoms with Crippen LogP contribution in [0, 0.1) is 6.92 Å². The largest absolute Gasteiger partial charge is 0.454 e. The number of ether oxygens (including phenoxy) is 2. The molecular weight excluding hydrogens is 464 g/mol. The van der Waals surface area contributed by atoms with Crippen molar-refractivity contribution in [2.24, 2.45) is 0 Å². The van der Waals surface area contributed by atoms with Crippen LogP contribution in [-0.4, -0.2) is 48.7 Å². The van der Waals surface area contributed by atoms with Gasteiger partial charge in [0.15, 0.2) is 11.5 Å². The lowest BCUT2D eigenvalue weighted by atomic mass is 10.0. The Hall–Kier alpha value is -3.02. The molecule has 5 rings (SSSR count). The van der Waals surface area contributed by atoms with Gasteiger partial charge in [0.25, 0.3) is 5.91 Å². The van der Waals surface area contributed by atoms with Gasteiger partial charge in [-0.25, -0.2) is 8.42 Å². The summed E-state index contributed by atoms with van der Waals surface area (Å²) in [7, 11) is -3.59. The number of piperidine rings is 1. The molecule has 11 heteroatoms. The Morgan fingerprint density at radius 2 is 1.91 bits per heavy atom. The second-order valence-corrected chi connectivity index (χ2v) is 10.9. The maximum absolute atomic E-state index is 13.1. The van der Waals surface area contributed by atoms with Crippen LogP contribution < -0.4 is 14.8 Å². The zero-order chi connectivity index (χ0) is 23.0. The van der Waals surface area contributed by atoms with Crippen LogP contribution >= 0.6 is 11.3 Å². The first kappa shape index (κ1) is 21.8. The molecule has 0 aliphatic carbocycles. The summed E-state index contributed by atoms with van der Waals surface area (Å²) in [6.45, 7) is 2.85. The van der Waals surface area contributed by atoms with Crippen LogP contribution in [0.4, 0.5) is 5.69 Å². The SMILES string of the molecule is Cc1ccc(S(=O)(=O)N2CCC[C@@H](c3nnc(C(=O)Nc4ccc5c(c4)OCO5)s3)C2)cc1. The number of amides is 1. The summed E-state index contributed by atoms with van der Waals surface area (Å²) >= 11 is 1.19. The third-order valence-corrected chi connectivity index (χ3v) is 8.62. The zero-order valence-electron chi connectivity index (χ0n) is 17.9. The normalized spacial score (nSPS) is 18.3. The van der Waals surface area contributed by atoms with E-state index >= 15 is 0 Å². The average Bonchev–Trinajstić information content (AvgIpc) is 3.49. The number of nitrogens with one attached hydrogen (secondary N) is 1. The summed E-state index contributed by atoms with van der Waals surface area (Å²) in [5, 5.41) is 11.9. The quantitative estimate of drug-likeness (QED) is 0.588. The molecule has 172 valence electrons. The molecule has 1 fully saturated rings. The topological polar surface area (TPSA) is 111 Å². The summed E-state index contributed by atoms with van der Waals surface area (Å²) in [6.07, 6.45) is 1.51. The monoisotopic (exact) mass is 486 g/mol. The van der Waals surface area contributed by atoms with Gasteiger partial charge in [0, 0.05) is 30.8 Å². The van der Waals surface area contributed by atoms with E-state index in [0.29, 0.717) is 41.7 Å². The highest BCUT2D eigenvalue weighted by Crippen LogP contribution is 2.35. The molecular formula is C22H22N4O5S2. The summed E-state index contributed by atoms with van der Waals surface area (Å²) in [4.78, 5) is 13.0. The van der Waals surface area contributed by atoms with Crippen LogP contribution in [0.5, 0.6) is 11.5 Å². The van der Waals surface area contributed by atoms with Gasteiger partial charge in [-0.3, -0.25) is 4.79 Å². The number of aryl methyl sites for hydroxylation is 1. The van der Waals surface area contributed by atoms with E-state index in [1.54, 1.807) is 42.5 Å². The Balaban J connectivity index is 1.28. The Kier molecular flexibility index (Phi) is 5.77. The van der Waals surface area contributed by atoms with E-state index in [4.69, 9.17) is 9.47 Å². The van der Waals surface area contributed by atoms with Crippen LogP contribution in [-0.2, 0) is 10.0 Å². The van der Waals surface area contributed by atoms with E-state index in [0.717, 1.165) is 12.0 Å². The molecule has 3 heterocycles. The average molecular weight is 487 g/mol. The van der Waals surface area contributed by atoms with Crippen molar-refractivity contribution in [2.45, 2.75) is 30.6 Å². The van der Waals surface area contributed by atoms with Crippen molar-refractivity contribution < 1.29 is 22.7 Å². The van der Waals surface area contributed by atoms with Crippen molar-refractivity contribution in [1.82, 2.24) is 14.5 Å². The smallest absolute Gasteiger partial charge is 0.286 e. The first-order valence-corrected chi connectivity index (χ1v) is 12.8. The third kappa shape index (κ3) is 4.43. The highest BCUT2D eigenvalue weighted by Gasteiger charge is 2.33. The number of hydrogen-bond donors (Lipinski definition) is 1. The number of aromatic nitrogens is 2. The molecule has 2 aliphatic rings. The number of carbonyl (C=O) groups is 1. The molecule has 9 nitrogen and oxygen atoms in total. The molecule has 1 aromatic heterocycles. The van der Waals surface area contributed by atoms with Gasteiger partial charge in [0.1, 0.15) is 5.01 Å². The number of sulfonamides is 1. The van der Waals surface area contributed by atoms with Gasteiger partial charge in [-0.15, -0.1) is 10.2 Å². The molecule has 0 radical (unpaired) electrons. The number of nitrogens with zero attached hydrogens (tertiary/aromatic N) is 3. The maximum Gasteiger partial charge on any atom is 0.286 e. The first-order valence-electron chi connectivity index (χ1n) is 10.5. The van der Waals surface area contributed by atoms with Crippen LogP contribution in [0.25, 0.3) is 0 Å². The molecule has 0 spiro atoms. The maximum atomic E-state index is 13.1. The number of hydrogen-bond acceptors (Lipinski definition) is 8. The molecule has 2 aromatic carbocycles. The van der Waals surface area contributed by atoms with Gasteiger partial charge in [-0.1, -0.05) is 29.0 Å². The van der Waals surface area contributed by atoms with Gasteiger partial charge in [0.2, 0.25) is 21.8 Å². The summed E-state index contributed by atoms with van der Waals surface area (Å²) in [5.41, 5.74) is 1.57. The highest BCUT2D eigenvalue weighted by atomic mass is 32.2. The van der Waals surface area contributed by atoms with E-state index in [9.17, 15) is 13.2 Å². The van der Waals surface area contributed by atoms with E-state index in [1.165, 1.54) is 15.6 Å². The molecule has 0 bridgehead atoms. The van der Waals surface area contributed by atoms with Crippen LogP contribution in [0.2, 0.25) is 0 Å². The number of carbonyl (C=O) groups excluding carboxylic acids is 1. The second-order valence-electron chi connectivity index (χ2n) is 7.98. The Morgan fingerprint density at radius 1 is 1.12 bits per heavy atom. The van der Waals surface area contributed by atoms with E-state index in [-0.39, 0.29) is 28.5 Å². The molecule has 1 atom stereocenters. The highest BCUT2D eigenvalue weighted by molar-refractivity contribution is 7.89. The minimum atomic E-state index is -3.59. The minimum Gasteiger partial charge on any atom is -0.454 e. The molecule has 2 aliphatic heterocycles. The fourth-order valence-electron chi connectivity index (χ4n) is 3.87.